The van der Waals surface area contributed by atoms with Crippen LogP contribution in [0.1, 0.15) is 11.1 Å². The number of rotatable bonds is 10. The van der Waals surface area contributed by atoms with Crippen molar-refractivity contribution in [3.8, 4) is 17.2 Å². The fourth-order valence-electron chi connectivity index (χ4n) is 2.54. The van der Waals surface area contributed by atoms with Gasteiger partial charge in [-0.3, -0.25) is 0 Å². The highest BCUT2D eigenvalue weighted by Gasteiger charge is 2.10. The molecule has 0 spiro atoms. The quantitative estimate of drug-likeness (QED) is 0.564. The average Bonchev–Trinajstić information content (AvgIpc) is 2.76. The molecule has 5 heteroatoms. The summed E-state index contributed by atoms with van der Waals surface area (Å²) in [5.74, 6) is 1.80. The van der Waals surface area contributed by atoms with Gasteiger partial charge in [-0.1, -0.05) is 60.7 Å². The third-order valence-corrected chi connectivity index (χ3v) is 4.10. The van der Waals surface area contributed by atoms with Crippen molar-refractivity contribution in [2.75, 3.05) is 13.2 Å². The van der Waals surface area contributed by atoms with E-state index in [9.17, 15) is 5.11 Å². The molecule has 5 nitrogen and oxygen atoms in total. The molecule has 3 N–H and O–H groups in total. The van der Waals surface area contributed by atoms with Gasteiger partial charge in [0.05, 0.1) is 0 Å². The smallest absolute Gasteiger partial charge is 0.165 e. The van der Waals surface area contributed by atoms with Gasteiger partial charge in [0.1, 0.15) is 31.7 Å². The average molecular weight is 379 g/mol. The van der Waals surface area contributed by atoms with Gasteiger partial charge in [0.2, 0.25) is 0 Å². The van der Waals surface area contributed by atoms with E-state index in [1.54, 1.807) is 12.1 Å². The zero-order chi connectivity index (χ0) is 19.6. The molecule has 3 aromatic rings. The van der Waals surface area contributed by atoms with E-state index >= 15 is 0 Å². The lowest BCUT2D eigenvalue weighted by molar-refractivity contribution is 0.114. The van der Waals surface area contributed by atoms with E-state index in [0.717, 1.165) is 11.1 Å². The van der Waals surface area contributed by atoms with Crippen molar-refractivity contribution < 1.29 is 19.3 Å². The van der Waals surface area contributed by atoms with Gasteiger partial charge in [0, 0.05) is 12.6 Å². The van der Waals surface area contributed by atoms with Gasteiger partial charge in [0.25, 0.3) is 0 Å². The fourth-order valence-corrected chi connectivity index (χ4v) is 2.54. The summed E-state index contributed by atoms with van der Waals surface area (Å²) in [6.07, 6.45) is -0.706. The van der Waals surface area contributed by atoms with Gasteiger partial charge in [-0.15, -0.1) is 0 Å². The van der Waals surface area contributed by atoms with E-state index < -0.39 is 6.10 Å². The summed E-state index contributed by atoms with van der Waals surface area (Å²) >= 11 is 0. The SMILES string of the molecule is NCC(O)COc1ccc(OCc2ccccc2)c(OCc2ccccc2)c1. The summed E-state index contributed by atoms with van der Waals surface area (Å²) in [5.41, 5.74) is 7.55. The van der Waals surface area contributed by atoms with Crippen molar-refractivity contribution in [3.63, 3.8) is 0 Å². The maximum atomic E-state index is 9.60. The molecule has 0 aliphatic heterocycles. The molecule has 3 rings (SSSR count). The molecule has 0 fully saturated rings. The number of hydrogen-bond acceptors (Lipinski definition) is 5. The summed E-state index contributed by atoms with van der Waals surface area (Å²) in [5, 5.41) is 9.60. The van der Waals surface area contributed by atoms with Crippen LogP contribution < -0.4 is 19.9 Å². The summed E-state index contributed by atoms with van der Waals surface area (Å²) < 4.78 is 17.6. The van der Waals surface area contributed by atoms with Crippen LogP contribution >= 0.6 is 0 Å². The van der Waals surface area contributed by atoms with Gasteiger partial charge < -0.3 is 25.1 Å². The molecule has 146 valence electrons. The molecule has 0 heterocycles. The minimum atomic E-state index is -0.706. The Morgan fingerprint density at radius 1 is 0.714 bits per heavy atom. The van der Waals surface area contributed by atoms with E-state index in [1.165, 1.54) is 0 Å². The van der Waals surface area contributed by atoms with Crippen LogP contribution in [0.5, 0.6) is 17.2 Å². The maximum Gasteiger partial charge on any atom is 0.165 e. The van der Waals surface area contributed by atoms with Crippen LogP contribution in [0.4, 0.5) is 0 Å². The van der Waals surface area contributed by atoms with E-state index in [-0.39, 0.29) is 13.2 Å². The lowest BCUT2D eigenvalue weighted by atomic mass is 10.2. The van der Waals surface area contributed by atoms with Crippen LogP contribution in [0.3, 0.4) is 0 Å². The van der Waals surface area contributed by atoms with E-state index in [4.69, 9.17) is 19.9 Å². The molecule has 0 amide bonds. The first-order valence-electron chi connectivity index (χ1n) is 9.23. The second-order valence-corrected chi connectivity index (χ2v) is 6.36. The third-order valence-electron chi connectivity index (χ3n) is 4.10. The maximum absolute atomic E-state index is 9.60. The Hall–Kier alpha value is -3.02. The second kappa shape index (κ2) is 10.3. The molecule has 28 heavy (non-hydrogen) atoms. The normalized spacial score (nSPS) is 11.6. The van der Waals surface area contributed by atoms with Gasteiger partial charge >= 0.3 is 0 Å². The van der Waals surface area contributed by atoms with Crippen LogP contribution in [0, 0.1) is 0 Å². The topological polar surface area (TPSA) is 73.9 Å². The van der Waals surface area contributed by atoms with Crippen LogP contribution in [-0.4, -0.2) is 24.4 Å². The molecule has 0 bridgehead atoms. The van der Waals surface area contributed by atoms with Crippen molar-refractivity contribution >= 4 is 0 Å². The monoisotopic (exact) mass is 379 g/mol. The summed E-state index contributed by atoms with van der Waals surface area (Å²) in [6, 6.07) is 25.2. The molecule has 0 saturated heterocycles. The number of benzene rings is 3. The standard InChI is InChI=1S/C23H25NO4/c24-14-20(25)17-26-21-11-12-22(27-15-18-7-3-1-4-8-18)23(13-21)28-16-19-9-5-2-6-10-19/h1-13,20,25H,14-17,24H2. The number of aliphatic hydroxyl groups excluding tert-OH is 1. The highest BCUT2D eigenvalue weighted by Crippen LogP contribution is 2.33. The van der Waals surface area contributed by atoms with E-state index in [0.29, 0.717) is 30.5 Å². The first kappa shape index (κ1) is 19.7. The molecule has 3 aromatic carbocycles. The van der Waals surface area contributed by atoms with Crippen molar-refractivity contribution in [2.24, 2.45) is 5.73 Å². The predicted octanol–water partition coefficient (Wildman–Crippen LogP) is 3.54. The molecule has 1 unspecified atom stereocenters. The number of aliphatic hydroxyl groups is 1. The largest absolute Gasteiger partial charge is 0.491 e. The predicted molar refractivity (Wildman–Crippen MR) is 109 cm³/mol. The van der Waals surface area contributed by atoms with Crippen molar-refractivity contribution in [1.82, 2.24) is 0 Å². The Bertz CT molecular complexity index is 840. The summed E-state index contributed by atoms with van der Waals surface area (Å²) in [7, 11) is 0. The minimum Gasteiger partial charge on any atom is -0.491 e. The molecule has 0 saturated carbocycles. The molecule has 1 atom stereocenters. The molecule has 0 aliphatic rings. The Morgan fingerprint density at radius 3 is 1.86 bits per heavy atom. The number of hydrogen-bond donors (Lipinski definition) is 2. The van der Waals surface area contributed by atoms with Crippen LogP contribution in [-0.2, 0) is 13.2 Å². The van der Waals surface area contributed by atoms with Gasteiger partial charge in [-0.25, -0.2) is 0 Å². The molecule has 0 radical (unpaired) electrons. The van der Waals surface area contributed by atoms with Crippen LogP contribution in [0.15, 0.2) is 78.9 Å². The third kappa shape index (κ3) is 6.01. The number of ether oxygens (including phenoxy) is 3. The Labute approximate surface area is 165 Å². The van der Waals surface area contributed by atoms with Crippen molar-refractivity contribution in [3.05, 3.63) is 90.0 Å². The first-order valence-corrected chi connectivity index (χ1v) is 9.23. The first-order chi connectivity index (χ1) is 13.7. The van der Waals surface area contributed by atoms with Gasteiger partial charge in [-0.2, -0.15) is 0 Å². The molecular formula is C23H25NO4. The highest BCUT2D eigenvalue weighted by atomic mass is 16.5. The lowest BCUT2D eigenvalue weighted by Gasteiger charge is -2.16. The number of nitrogens with two attached hydrogens (primary N) is 1. The Balaban J connectivity index is 1.72. The highest BCUT2D eigenvalue weighted by molar-refractivity contribution is 5.46. The van der Waals surface area contributed by atoms with Crippen LogP contribution in [0.25, 0.3) is 0 Å². The van der Waals surface area contributed by atoms with Crippen molar-refractivity contribution in [2.45, 2.75) is 19.3 Å². The van der Waals surface area contributed by atoms with E-state index in [1.807, 2.05) is 66.7 Å². The summed E-state index contributed by atoms with van der Waals surface area (Å²) in [6.45, 7) is 1.13. The molecular weight excluding hydrogens is 354 g/mol. The fraction of sp³-hybridized carbons (Fsp3) is 0.217. The zero-order valence-electron chi connectivity index (χ0n) is 15.7. The lowest BCUT2D eigenvalue weighted by Crippen LogP contribution is -2.26. The molecule has 0 aliphatic carbocycles. The Kier molecular flexibility index (Phi) is 7.29. The van der Waals surface area contributed by atoms with Gasteiger partial charge in [-0.05, 0) is 23.3 Å². The zero-order valence-corrected chi connectivity index (χ0v) is 15.7. The summed E-state index contributed by atoms with van der Waals surface area (Å²) in [4.78, 5) is 0. The minimum absolute atomic E-state index is 0.124. The Morgan fingerprint density at radius 2 is 1.29 bits per heavy atom. The van der Waals surface area contributed by atoms with Crippen molar-refractivity contribution in [1.29, 1.82) is 0 Å². The molecule has 0 aromatic heterocycles. The van der Waals surface area contributed by atoms with E-state index in [2.05, 4.69) is 0 Å². The van der Waals surface area contributed by atoms with Gasteiger partial charge in [0.15, 0.2) is 11.5 Å². The second-order valence-electron chi connectivity index (χ2n) is 6.36. The van der Waals surface area contributed by atoms with Crippen LogP contribution in [0.2, 0.25) is 0 Å².